The first-order valence-corrected chi connectivity index (χ1v) is 5.06. The van der Waals surface area contributed by atoms with Crippen LogP contribution in [0.3, 0.4) is 0 Å². The van der Waals surface area contributed by atoms with Crippen molar-refractivity contribution in [1.82, 2.24) is 0 Å². The largest absolute Gasteiger partial charge is 0.573 e. The molecular weight excluding hydrogens is 322 g/mol. The summed E-state index contributed by atoms with van der Waals surface area (Å²) in [7, 11) is 0. The number of halogens is 5. The fourth-order valence-electron chi connectivity index (χ4n) is 1.12. The Balaban J connectivity index is 0.00000256. The van der Waals surface area contributed by atoms with Crippen LogP contribution in [0.25, 0.3) is 0 Å². The van der Waals surface area contributed by atoms with Gasteiger partial charge >= 0.3 is 6.36 Å². The molecule has 0 spiro atoms. The predicted octanol–water partition coefficient (Wildman–Crippen LogP) is 3.96. The molecule has 0 amide bonds. The number of rotatable bonds is 3. The molecule has 0 radical (unpaired) electrons. The van der Waals surface area contributed by atoms with Gasteiger partial charge in [-0.25, -0.2) is 0 Å². The van der Waals surface area contributed by atoms with Gasteiger partial charge in [0.1, 0.15) is 5.75 Å². The van der Waals surface area contributed by atoms with E-state index in [1.165, 1.54) is 24.3 Å². The van der Waals surface area contributed by atoms with Gasteiger partial charge in [0.05, 0.1) is 6.04 Å². The SMILES string of the molecule is C=C[C@@H](N)c1cc(Br)ccc1OC(F)(F)F.Cl. The predicted molar refractivity (Wildman–Crippen MR) is 65.2 cm³/mol. The van der Waals surface area contributed by atoms with E-state index in [1.807, 2.05) is 0 Å². The first-order chi connectivity index (χ1) is 7.33. The molecule has 1 aromatic rings. The average Bonchev–Trinajstić information content (AvgIpc) is 2.17. The third-order valence-electron chi connectivity index (χ3n) is 1.81. The Kier molecular flexibility index (Phi) is 6.01. The maximum atomic E-state index is 12.1. The maximum absolute atomic E-state index is 12.1. The fraction of sp³-hybridized carbons (Fsp3) is 0.200. The highest BCUT2D eigenvalue weighted by Crippen LogP contribution is 2.32. The highest BCUT2D eigenvalue weighted by atomic mass is 79.9. The molecule has 1 atom stereocenters. The highest BCUT2D eigenvalue weighted by molar-refractivity contribution is 9.10. The molecule has 17 heavy (non-hydrogen) atoms. The summed E-state index contributed by atoms with van der Waals surface area (Å²) in [5, 5.41) is 0. The topological polar surface area (TPSA) is 35.2 Å². The van der Waals surface area contributed by atoms with Gasteiger partial charge in [-0.05, 0) is 18.2 Å². The fourth-order valence-corrected chi connectivity index (χ4v) is 1.50. The van der Waals surface area contributed by atoms with Gasteiger partial charge in [0.25, 0.3) is 0 Å². The molecule has 2 nitrogen and oxygen atoms in total. The molecule has 96 valence electrons. The molecular formula is C10H10BrClF3NO. The Morgan fingerprint density at radius 1 is 1.41 bits per heavy atom. The third-order valence-corrected chi connectivity index (χ3v) is 2.30. The molecule has 0 aliphatic carbocycles. The second-order valence-corrected chi connectivity index (χ2v) is 3.91. The van der Waals surface area contributed by atoms with Crippen LogP contribution in [0.2, 0.25) is 0 Å². The second-order valence-electron chi connectivity index (χ2n) is 2.99. The number of hydrogen-bond acceptors (Lipinski definition) is 2. The van der Waals surface area contributed by atoms with Crippen molar-refractivity contribution in [3.63, 3.8) is 0 Å². The summed E-state index contributed by atoms with van der Waals surface area (Å²) in [6.45, 7) is 3.43. The molecule has 2 N–H and O–H groups in total. The first-order valence-electron chi connectivity index (χ1n) is 4.27. The standard InChI is InChI=1S/C10H9BrF3NO.ClH/c1-2-8(15)7-5-6(11)3-4-9(7)16-10(12,13)14;/h2-5,8H,1,15H2;1H/t8-;/m1./s1. The normalized spacial score (nSPS) is 12.5. The lowest BCUT2D eigenvalue weighted by atomic mass is 10.1. The number of hydrogen-bond donors (Lipinski definition) is 1. The Morgan fingerprint density at radius 2 is 2.00 bits per heavy atom. The lowest BCUT2D eigenvalue weighted by molar-refractivity contribution is -0.274. The summed E-state index contributed by atoms with van der Waals surface area (Å²) >= 11 is 3.15. The lowest BCUT2D eigenvalue weighted by Gasteiger charge is -2.16. The number of benzene rings is 1. The molecule has 7 heteroatoms. The van der Waals surface area contributed by atoms with E-state index in [9.17, 15) is 13.2 Å². The van der Waals surface area contributed by atoms with E-state index in [1.54, 1.807) is 0 Å². The van der Waals surface area contributed by atoms with Gasteiger partial charge in [-0.3, -0.25) is 0 Å². The molecule has 0 aliphatic rings. The Labute approximate surface area is 111 Å². The van der Waals surface area contributed by atoms with Crippen molar-refractivity contribution in [2.45, 2.75) is 12.4 Å². The van der Waals surface area contributed by atoms with Crippen LogP contribution in [0.4, 0.5) is 13.2 Å². The lowest BCUT2D eigenvalue weighted by Crippen LogP contribution is -2.19. The Hall–Kier alpha value is -0.720. The van der Waals surface area contributed by atoms with Crippen LogP contribution in [0.15, 0.2) is 35.3 Å². The van der Waals surface area contributed by atoms with Crippen molar-refractivity contribution in [1.29, 1.82) is 0 Å². The summed E-state index contributed by atoms with van der Waals surface area (Å²) in [6, 6.07) is 3.40. The second kappa shape index (κ2) is 6.28. The highest BCUT2D eigenvalue weighted by Gasteiger charge is 2.32. The summed E-state index contributed by atoms with van der Waals surface area (Å²) in [5.41, 5.74) is 5.82. The van der Waals surface area contributed by atoms with Crippen molar-refractivity contribution >= 4 is 28.3 Å². The van der Waals surface area contributed by atoms with E-state index in [0.717, 1.165) is 0 Å². The molecule has 0 aromatic heterocycles. The van der Waals surface area contributed by atoms with E-state index < -0.39 is 12.4 Å². The van der Waals surface area contributed by atoms with E-state index in [-0.39, 0.29) is 23.7 Å². The molecule has 0 bridgehead atoms. The van der Waals surface area contributed by atoms with Crippen LogP contribution in [0, 0.1) is 0 Å². The maximum Gasteiger partial charge on any atom is 0.573 e. The van der Waals surface area contributed by atoms with E-state index >= 15 is 0 Å². The van der Waals surface area contributed by atoms with Gasteiger partial charge in [-0.1, -0.05) is 22.0 Å². The van der Waals surface area contributed by atoms with Gasteiger partial charge in [-0.2, -0.15) is 0 Å². The van der Waals surface area contributed by atoms with Crippen molar-refractivity contribution in [2.24, 2.45) is 5.73 Å². The van der Waals surface area contributed by atoms with Crippen LogP contribution >= 0.6 is 28.3 Å². The van der Waals surface area contributed by atoms with Crippen molar-refractivity contribution in [3.8, 4) is 5.75 Å². The van der Waals surface area contributed by atoms with E-state index in [4.69, 9.17) is 5.73 Å². The molecule has 0 heterocycles. The Bertz CT molecular complexity index is 398. The third kappa shape index (κ3) is 4.97. The van der Waals surface area contributed by atoms with Gasteiger partial charge < -0.3 is 10.5 Å². The average molecular weight is 333 g/mol. The van der Waals surface area contributed by atoms with E-state index in [2.05, 4.69) is 27.2 Å². The molecule has 1 rings (SSSR count). The minimum absolute atomic E-state index is 0. The van der Waals surface area contributed by atoms with E-state index in [0.29, 0.717) is 4.47 Å². The Morgan fingerprint density at radius 3 is 2.47 bits per heavy atom. The zero-order valence-electron chi connectivity index (χ0n) is 8.50. The summed E-state index contributed by atoms with van der Waals surface area (Å²) in [4.78, 5) is 0. The number of alkyl halides is 3. The minimum atomic E-state index is -4.73. The zero-order valence-corrected chi connectivity index (χ0v) is 10.9. The summed E-state index contributed by atoms with van der Waals surface area (Å²) in [6.07, 6.45) is -3.39. The zero-order chi connectivity index (χ0) is 12.3. The number of ether oxygens (including phenoxy) is 1. The van der Waals surface area contributed by atoms with Gasteiger partial charge in [-0.15, -0.1) is 32.2 Å². The molecule has 1 aromatic carbocycles. The monoisotopic (exact) mass is 331 g/mol. The summed E-state index contributed by atoms with van der Waals surface area (Å²) < 4.78 is 40.7. The molecule has 0 saturated carbocycles. The molecule has 0 unspecified atom stereocenters. The molecule has 0 fully saturated rings. The number of nitrogens with two attached hydrogens (primary N) is 1. The quantitative estimate of drug-likeness (QED) is 0.851. The minimum Gasteiger partial charge on any atom is -0.405 e. The van der Waals surface area contributed by atoms with Gasteiger partial charge in [0.15, 0.2) is 0 Å². The first kappa shape index (κ1) is 16.3. The molecule has 0 saturated heterocycles. The van der Waals surface area contributed by atoms with Crippen LogP contribution < -0.4 is 10.5 Å². The smallest absolute Gasteiger partial charge is 0.405 e. The van der Waals surface area contributed by atoms with Gasteiger partial charge in [0, 0.05) is 10.0 Å². The summed E-state index contributed by atoms with van der Waals surface area (Å²) in [5.74, 6) is -0.317. The van der Waals surface area contributed by atoms with Crippen LogP contribution in [0.5, 0.6) is 5.75 Å². The van der Waals surface area contributed by atoms with Crippen molar-refractivity contribution in [2.75, 3.05) is 0 Å². The van der Waals surface area contributed by atoms with Crippen LogP contribution in [-0.4, -0.2) is 6.36 Å². The van der Waals surface area contributed by atoms with Crippen molar-refractivity contribution < 1.29 is 17.9 Å². The molecule has 0 aliphatic heterocycles. The van der Waals surface area contributed by atoms with Crippen molar-refractivity contribution in [3.05, 3.63) is 40.9 Å². The van der Waals surface area contributed by atoms with Gasteiger partial charge in [0.2, 0.25) is 0 Å². The van der Waals surface area contributed by atoms with Crippen LogP contribution in [0.1, 0.15) is 11.6 Å². The van der Waals surface area contributed by atoms with Crippen LogP contribution in [-0.2, 0) is 0 Å².